The average molecular weight is 367 g/mol. The van der Waals surface area contributed by atoms with Crippen LogP contribution in [-0.2, 0) is 11.3 Å². The molecule has 0 aliphatic heterocycles. The number of aromatic nitrogens is 4. The quantitative estimate of drug-likeness (QED) is 0.677. The summed E-state index contributed by atoms with van der Waals surface area (Å²) in [5.41, 5.74) is 1.95. The average Bonchev–Trinajstić information content (AvgIpc) is 3.26. The van der Waals surface area contributed by atoms with Crippen LogP contribution in [0.4, 0.5) is 5.82 Å². The lowest BCUT2D eigenvalue weighted by Crippen LogP contribution is -2.18. The fourth-order valence-corrected chi connectivity index (χ4v) is 2.67. The fraction of sp³-hybridized carbons (Fsp3) is 0.263. The van der Waals surface area contributed by atoms with Gasteiger partial charge in [-0.1, -0.05) is 18.2 Å². The van der Waals surface area contributed by atoms with Crippen molar-refractivity contribution in [2.24, 2.45) is 0 Å². The minimum Gasteiger partial charge on any atom is -0.462 e. The highest BCUT2D eigenvalue weighted by Gasteiger charge is 2.23. The van der Waals surface area contributed by atoms with E-state index in [-0.39, 0.29) is 23.9 Å². The number of esters is 1. The zero-order valence-corrected chi connectivity index (χ0v) is 15.5. The Balaban J connectivity index is 2.01. The van der Waals surface area contributed by atoms with Gasteiger partial charge in [0.2, 0.25) is 0 Å². The predicted octanol–water partition coefficient (Wildman–Crippen LogP) is 2.83. The van der Waals surface area contributed by atoms with Gasteiger partial charge in [-0.15, -0.1) is 0 Å². The lowest BCUT2D eigenvalue weighted by Gasteiger charge is -2.10. The number of para-hydroxylation sites is 1. The molecule has 1 aromatic carbocycles. The molecular formula is C19H21N5O3. The Morgan fingerprint density at radius 3 is 2.52 bits per heavy atom. The van der Waals surface area contributed by atoms with Crippen molar-refractivity contribution in [1.82, 2.24) is 19.6 Å². The number of hydrogen-bond acceptors (Lipinski definition) is 5. The Morgan fingerprint density at radius 2 is 1.89 bits per heavy atom. The van der Waals surface area contributed by atoms with E-state index in [9.17, 15) is 9.59 Å². The van der Waals surface area contributed by atoms with Crippen LogP contribution in [0, 0.1) is 6.92 Å². The van der Waals surface area contributed by atoms with Gasteiger partial charge >= 0.3 is 5.97 Å². The normalized spacial score (nSPS) is 10.6. The second-order valence-electron chi connectivity index (χ2n) is 5.81. The van der Waals surface area contributed by atoms with Gasteiger partial charge in [-0.3, -0.25) is 9.48 Å². The minimum atomic E-state index is -0.545. The Labute approximate surface area is 156 Å². The Kier molecular flexibility index (Phi) is 5.35. The molecular weight excluding hydrogens is 346 g/mol. The van der Waals surface area contributed by atoms with E-state index in [1.54, 1.807) is 24.7 Å². The minimum absolute atomic E-state index is 0.189. The first kappa shape index (κ1) is 18.4. The summed E-state index contributed by atoms with van der Waals surface area (Å²) in [6.45, 7) is 6.31. The second kappa shape index (κ2) is 7.86. The van der Waals surface area contributed by atoms with Crippen molar-refractivity contribution in [2.75, 3.05) is 11.9 Å². The van der Waals surface area contributed by atoms with Crippen LogP contribution in [-0.4, -0.2) is 38.0 Å². The van der Waals surface area contributed by atoms with Gasteiger partial charge in [-0.25, -0.2) is 9.48 Å². The van der Waals surface area contributed by atoms with Crippen molar-refractivity contribution in [1.29, 1.82) is 0 Å². The molecule has 0 atom stereocenters. The van der Waals surface area contributed by atoms with Crippen molar-refractivity contribution in [3.8, 4) is 5.69 Å². The molecule has 3 rings (SSSR count). The van der Waals surface area contributed by atoms with Gasteiger partial charge in [0.15, 0.2) is 5.82 Å². The van der Waals surface area contributed by atoms with Gasteiger partial charge in [0.05, 0.1) is 29.7 Å². The number of rotatable bonds is 6. The summed E-state index contributed by atoms with van der Waals surface area (Å²) in [5, 5.41) is 11.3. The monoisotopic (exact) mass is 367 g/mol. The lowest BCUT2D eigenvalue weighted by molar-refractivity contribution is 0.0527. The standard InChI is InChI=1S/C19H21N5O3/c1-4-23-12-16(13(3)22-23)18(25)21-17-15(19(26)27-5-2)11-20-24(17)14-9-7-6-8-10-14/h6-12H,4-5H2,1-3H3,(H,21,25). The molecule has 0 aliphatic rings. The molecule has 8 nitrogen and oxygen atoms in total. The highest BCUT2D eigenvalue weighted by Crippen LogP contribution is 2.22. The van der Waals surface area contributed by atoms with E-state index in [0.717, 1.165) is 0 Å². The van der Waals surface area contributed by atoms with Crippen molar-refractivity contribution in [3.63, 3.8) is 0 Å². The third kappa shape index (κ3) is 3.74. The second-order valence-corrected chi connectivity index (χ2v) is 5.81. The highest BCUT2D eigenvalue weighted by molar-refractivity contribution is 6.07. The summed E-state index contributed by atoms with van der Waals surface area (Å²) >= 11 is 0. The number of anilines is 1. The molecule has 0 spiro atoms. The molecule has 0 aliphatic carbocycles. The van der Waals surface area contributed by atoms with Gasteiger partial charge in [-0.05, 0) is 32.9 Å². The van der Waals surface area contributed by atoms with Crippen LogP contribution in [0.25, 0.3) is 5.69 Å². The summed E-state index contributed by atoms with van der Waals surface area (Å²) in [6.07, 6.45) is 3.07. The van der Waals surface area contributed by atoms with Crippen molar-refractivity contribution < 1.29 is 14.3 Å². The third-order valence-electron chi connectivity index (χ3n) is 4.01. The molecule has 1 N–H and O–H groups in total. The molecule has 0 unspecified atom stereocenters. The number of carbonyl (C=O) groups excluding carboxylic acids is 2. The van der Waals surface area contributed by atoms with Gasteiger partial charge in [0, 0.05) is 12.7 Å². The van der Waals surface area contributed by atoms with E-state index in [1.165, 1.54) is 10.9 Å². The molecule has 0 radical (unpaired) electrons. The van der Waals surface area contributed by atoms with E-state index < -0.39 is 5.97 Å². The molecule has 0 saturated heterocycles. The van der Waals surface area contributed by atoms with Crippen LogP contribution >= 0.6 is 0 Å². The molecule has 0 saturated carbocycles. The number of hydrogen-bond donors (Lipinski definition) is 1. The molecule has 2 heterocycles. The van der Waals surface area contributed by atoms with Gasteiger partial charge < -0.3 is 10.1 Å². The number of nitrogens with zero attached hydrogens (tertiary/aromatic N) is 4. The zero-order valence-electron chi connectivity index (χ0n) is 15.5. The molecule has 2 aromatic heterocycles. The van der Waals surface area contributed by atoms with E-state index in [2.05, 4.69) is 15.5 Å². The Morgan fingerprint density at radius 1 is 1.15 bits per heavy atom. The maximum absolute atomic E-state index is 12.8. The first-order valence-electron chi connectivity index (χ1n) is 8.71. The number of ether oxygens (including phenoxy) is 1. The summed E-state index contributed by atoms with van der Waals surface area (Å²) in [6, 6.07) is 9.24. The van der Waals surface area contributed by atoms with Crippen molar-refractivity contribution in [3.05, 3.63) is 59.5 Å². The first-order chi connectivity index (χ1) is 13.0. The van der Waals surface area contributed by atoms with Gasteiger partial charge in [-0.2, -0.15) is 10.2 Å². The topological polar surface area (TPSA) is 91.0 Å². The number of aryl methyl sites for hydroxylation is 2. The molecule has 3 aromatic rings. The van der Waals surface area contributed by atoms with Crippen LogP contribution in [0.1, 0.15) is 40.3 Å². The van der Waals surface area contributed by atoms with Crippen LogP contribution in [0.2, 0.25) is 0 Å². The van der Waals surface area contributed by atoms with E-state index in [4.69, 9.17) is 4.74 Å². The predicted molar refractivity (Wildman–Crippen MR) is 100 cm³/mol. The van der Waals surface area contributed by atoms with Crippen LogP contribution in [0.15, 0.2) is 42.7 Å². The number of nitrogens with one attached hydrogen (secondary N) is 1. The maximum Gasteiger partial charge on any atom is 0.343 e. The van der Waals surface area contributed by atoms with Crippen LogP contribution in [0.5, 0.6) is 0 Å². The largest absolute Gasteiger partial charge is 0.462 e. The van der Waals surface area contributed by atoms with Gasteiger partial charge in [0.1, 0.15) is 5.56 Å². The van der Waals surface area contributed by atoms with Crippen molar-refractivity contribution in [2.45, 2.75) is 27.3 Å². The SMILES string of the molecule is CCOC(=O)c1cnn(-c2ccccc2)c1NC(=O)c1cn(CC)nc1C. The fourth-order valence-electron chi connectivity index (χ4n) is 2.67. The first-order valence-corrected chi connectivity index (χ1v) is 8.71. The Hall–Kier alpha value is -3.42. The smallest absolute Gasteiger partial charge is 0.343 e. The third-order valence-corrected chi connectivity index (χ3v) is 4.01. The number of benzene rings is 1. The summed E-state index contributed by atoms with van der Waals surface area (Å²) in [5.74, 6) is -0.653. The van der Waals surface area contributed by atoms with Crippen LogP contribution in [0.3, 0.4) is 0 Å². The van der Waals surface area contributed by atoms with E-state index >= 15 is 0 Å². The summed E-state index contributed by atoms with van der Waals surface area (Å²) in [7, 11) is 0. The number of carbonyl (C=O) groups is 2. The molecule has 27 heavy (non-hydrogen) atoms. The van der Waals surface area contributed by atoms with Crippen molar-refractivity contribution >= 4 is 17.7 Å². The van der Waals surface area contributed by atoms with E-state index in [0.29, 0.717) is 23.5 Å². The molecule has 8 heteroatoms. The van der Waals surface area contributed by atoms with Gasteiger partial charge in [0.25, 0.3) is 5.91 Å². The summed E-state index contributed by atoms with van der Waals surface area (Å²) < 4.78 is 8.28. The molecule has 0 fully saturated rings. The Bertz CT molecular complexity index is 959. The van der Waals surface area contributed by atoms with Crippen LogP contribution < -0.4 is 5.32 Å². The lowest BCUT2D eigenvalue weighted by atomic mass is 10.2. The maximum atomic E-state index is 12.8. The van der Waals surface area contributed by atoms with E-state index in [1.807, 2.05) is 37.3 Å². The summed E-state index contributed by atoms with van der Waals surface area (Å²) in [4.78, 5) is 25.1. The number of amides is 1. The molecule has 0 bridgehead atoms. The highest BCUT2D eigenvalue weighted by atomic mass is 16.5. The molecule has 140 valence electrons. The molecule has 1 amide bonds. The zero-order chi connectivity index (χ0) is 19.4.